The summed E-state index contributed by atoms with van der Waals surface area (Å²) >= 11 is 0. The highest BCUT2D eigenvalue weighted by molar-refractivity contribution is 7.93. The molecule has 0 bridgehead atoms. The Kier molecular flexibility index (Phi) is 4.41. The van der Waals surface area contributed by atoms with Crippen LogP contribution in [0.15, 0.2) is 18.2 Å². The average molecular weight is 264 g/mol. The number of sulfonamides is 1. The number of hydrogen-bond acceptors (Lipinski definition) is 3. The van der Waals surface area contributed by atoms with Gasteiger partial charge in [0.25, 0.3) is 0 Å². The molecule has 3 N–H and O–H groups in total. The zero-order chi connectivity index (χ0) is 13.1. The maximum Gasteiger partial charge on any atom is 0.236 e. The fraction of sp³-hybridized carbons (Fsp3) is 0.400. The minimum Gasteiger partial charge on any atom is -0.329 e. The lowest BCUT2D eigenvalue weighted by Gasteiger charge is -2.15. The Balaban J connectivity index is 2.98. The first-order valence-corrected chi connectivity index (χ1v) is 6.62. The quantitative estimate of drug-likeness (QED) is 0.845. The molecule has 0 aliphatic carbocycles. The zero-order valence-electron chi connectivity index (χ0n) is 9.28. The lowest BCUT2D eigenvalue weighted by atomic mass is 10.3. The first-order valence-electron chi connectivity index (χ1n) is 5.07. The Labute approximate surface area is 98.9 Å². The van der Waals surface area contributed by atoms with Gasteiger partial charge in [0.15, 0.2) is 0 Å². The van der Waals surface area contributed by atoms with Gasteiger partial charge in [0, 0.05) is 12.6 Å². The summed E-state index contributed by atoms with van der Waals surface area (Å²) in [5, 5.41) is -0.799. The van der Waals surface area contributed by atoms with Gasteiger partial charge in [-0.3, -0.25) is 4.72 Å². The Bertz CT molecular complexity index is 487. The van der Waals surface area contributed by atoms with Crippen molar-refractivity contribution in [1.29, 1.82) is 0 Å². The summed E-state index contributed by atoms with van der Waals surface area (Å²) in [6.07, 6.45) is 0.314. The molecule has 1 atom stereocenters. The maximum absolute atomic E-state index is 13.3. The minimum absolute atomic E-state index is 0.0609. The molecule has 7 heteroatoms. The van der Waals surface area contributed by atoms with Crippen molar-refractivity contribution in [2.75, 3.05) is 11.3 Å². The molecule has 0 amide bonds. The Morgan fingerprint density at radius 1 is 1.41 bits per heavy atom. The van der Waals surface area contributed by atoms with Crippen molar-refractivity contribution in [2.45, 2.75) is 18.6 Å². The maximum atomic E-state index is 13.3. The second-order valence-electron chi connectivity index (χ2n) is 3.54. The van der Waals surface area contributed by atoms with Crippen LogP contribution in [0.3, 0.4) is 0 Å². The summed E-state index contributed by atoms with van der Waals surface area (Å²) < 4.78 is 51.4. The number of rotatable bonds is 5. The van der Waals surface area contributed by atoms with Gasteiger partial charge < -0.3 is 5.73 Å². The highest BCUT2D eigenvalue weighted by atomic mass is 32.2. The third kappa shape index (κ3) is 3.37. The number of nitrogens with two attached hydrogens (primary N) is 1. The molecule has 0 radical (unpaired) electrons. The molecule has 4 nitrogen and oxygen atoms in total. The largest absolute Gasteiger partial charge is 0.329 e. The SMILES string of the molecule is CCC(CN)S(=O)(=O)Nc1ccc(F)cc1F. The van der Waals surface area contributed by atoms with E-state index in [1.54, 1.807) is 6.92 Å². The summed E-state index contributed by atoms with van der Waals surface area (Å²) in [7, 11) is -3.75. The second kappa shape index (κ2) is 5.42. The third-order valence-corrected chi connectivity index (χ3v) is 4.25. The molecule has 0 fully saturated rings. The van der Waals surface area contributed by atoms with Crippen molar-refractivity contribution in [3.05, 3.63) is 29.8 Å². The summed E-state index contributed by atoms with van der Waals surface area (Å²) in [4.78, 5) is 0. The van der Waals surface area contributed by atoms with E-state index < -0.39 is 26.9 Å². The molecule has 0 saturated carbocycles. The van der Waals surface area contributed by atoms with Crippen LogP contribution in [-0.2, 0) is 10.0 Å². The predicted octanol–water partition coefficient (Wildman–Crippen LogP) is 1.44. The van der Waals surface area contributed by atoms with Crippen molar-refractivity contribution in [1.82, 2.24) is 0 Å². The van der Waals surface area contributed by atoms with Gasteiger partial charge in [0.05, 0.1) is 10.9 Å². The van der Waals surface area contributed by atoms with E-state index >= 15 is 0 Å². The van der Waals surface area contributed by atoms with E-state index in [2.05, 4.69) is 4.72 Å². The van der Waals surface area contributed by atoms with Gasteiger partial charge in [-0.2, -0.15) is 0 Å². The van der Waals surface area contributed by atoms with E-state index in [-0.39, 0.29) is 12.2 Å². The molecule has 0 aliphatic rings. The third-order valence-electron chi connectivity index (χ3n) is 2.34. The van der Waals surface area contributed by atoms with Crippen LogP contribution in [0.25, 0.3) is 0 Å². The molecule has 0 aromatic heterocycles. The van der Waals surface area contributed by atoms with E-state index in [1.165, 1.54) is 0 Å². The van der Waals surface area contributed by atoms with Crippen LogP contribution in [0.5, 0.6) is 0 Å². The number of benzene rings is 1. The fourth-order valence-electron chi connectivity index (χ4n) is 1.32. The van der Waals surface area contributed by atoms with Gasteiger partial charge in [-0.05, 0) is 18.6 Å². The van der Waals surface area contributed by atoms with E-state index in [0.29, 0.717) is 12.5 Å². The van der Waals surface area contributed by atoms with Gasteiger partial charge in [-0.25, -0.2) is 17.2 Å². The molecular formula is C10H14F2N2O2S. The van der Waals surface area contributed by atoms with Crippen molar-refractivity contribution in [2.24, 2.45) is 5.73 Å². The monoisotopic (exact) mass is 264 g/mol. The van der Waals surface area contributed by atoms with Gasteiger partial charge in [0.2, 0.25) is 10.0 Å². The van der Waals surface area contributed by atoms with Crippen LogP contribution >= 0.6 is 0 Å². The lowest BCUT2D eigenvalue weighted by molar-refractivity contribution is 0.575. The molecule has 1 rings (SSSR count). The Morgan fingerprint density at radius 2 is 2.06 bits per heavy atom. The first kappa shape index (κ1) is 13.9. The fourth-order valence-corrected chi connectivity index (χ4v) is 2.65. The molecule has 0 saturated heterocycles. The summed E-state index contributed by atoms with van der Waals surface area (Å²) in [6.45, 7) is 1.60. The second-order valence-corrected chi connectivity index (χ2v) is 5.50. The lowest BCUT2D eigenvalue weighted by Crippen LogP contribution is -2.33. The van der Waals surface area contributed by atoms with Crippen LogP contribution in [-0.4, -0.2) is 20.2 Å². The molecular weight excluding hydrogens is 250 g/mol. The van der Waals surface area contributed by atoms with Crippen molar-refractivity contribution >= 4 is 15.7 Å². The molecule has 0 heterocycles. The van der Waals surface area contributed by atoms with Gasteiger partial charge >= 0.3 is 0 Å². The van der Waals surface area contributed by atoms with Gasteiger partial charge in [0.1, 0.15) is 11.6 Å². The molecule has 1 aromatic rings. The van der Waals surface area contributed by atoms with E-state index in [0.717, 1.165) is 12.1 Å². The predicted molar refractivity (Wildman–Crippen MR) is 62.0 cm³/mol. The number of hydrogen-bond donors (Lipinski definition) is 2. The molecule has 1 aromatic carbocycles. The van der Waals surface area contributed by atoms with Crippen molar-refractivity contribution < 1.29 is 17.2 Å². The van der Waals surface area contributed by atoms with E-state index in [4.69, 9.17) is 5.73 Å². The molecule has 0 spiro atoms. The zero-order valence-corrected chi connectivity index (χ0v) is 10.1. The minimum atomic E-state index is -3.75. The van der Waals surface area contributed by atoms with Crippen LogP contribution in [0.4, 0.5) is 14.5 Å². The number of nitrogens with one attached hydrogen (secondary N) is 1. The standard InChI is InChI=1S/C10H14F2N2O2S/c1-2-8(6-13)17(15,16)14-10-4-3-7(11)5-9(10)12/h3-5,8,14H,2,6,13H2,1H3. The van der Waals surface area contributed by atoms with Gasteiger partial charge in [-0.15, -0.1) is 0 Å². The molecule has 0 aliphatic heterocycles. The summed E-state index contributed by atoms with van der Waals surface area (Å²) in [5.41, 5.74) is 5.03. The molecule has 1 unspecified atom stereocenters. The first-order chi connectivity index (χ1) is 7.90. The van der Waals surface area contributed by atoms with E-state index in [9.17, 15) is 17.2 Å². The topological polar surface area (TPSA) is 72.2 Å². The highest BCUT2D eigenvalue weighted by Gasteiger charge is 2.23. The van der Waals surface area contributed by atoms with Crippen LogP contribution in [0.2, 0.25) is 0 Å². The van der Waals surface area contributed by atoms with Crippen molar-refractivity contribution in [3.8, 4) is 0 Å². The Morgan fingerprint density at radius 3 is 2.53 bits per heavy atom. The van der Waals surface area contributed by atoms with Crippen LogP contribution in [0.1, 0.15) is 13.3 Å². The smallest absolute Gasteiger partial charge is 0.236 e. The normalized spacial score (nSPS) is 13.4. The molecule has 17 heavy (non-hydrogen) atoms. The number of anilines is 1. The van der Waals surface area contributed by atoms with Gasteiger partial charge in [-0.1, -0.05) is 6.92 Å². The summed E-state index contributed by atoms with van der Waals surface area (Å²) in [6, 6.07) is 2.62. The van der Waals surface area contributed by atoms with Crippen molar-refractivity contribution in [3.63, 3.8) is 0 Å². The van der Waals surface area contributed by atoms with E-state index in [1.807, 2.05) is 0 Å². The van der Waals surface area contributed by atoms with Crippen LogP contribution in [0, 0.1) is 11.6 Å². The average Bonchev–Trinajstić information content (AvgIpc) is 2.23. The van der Waals surface area contributed by atoms with Crippen LogP contribution < -0.4 is 10.5 Å². The summed E-state index contributed by atoms with van der Waals surface area (Å²) in [5.74, 6) is -1.73. The Hall–Kier alpha value is -1.21. The highest BCUT2D eigenvalue weighted by Crippen LogP contribution is 2.18. The number of halogens is 2. The molecule has 96 valence electrons.